The summed E-state index contributed by atoms with van der Waals surface area (Å²) in [5, 5.41) is 2.56. The number of hydrogen-bond acceptors (Lipinski definition) is 1. The van der Waals surface area contributed by atoms with Gasteiger partial charge in [-0.25, -0.2) is 4.79 Å². The largest absolute Gasteiger partial charge is 0.416 e. The molecule has 6 heteroatoms. The third kappa shape index (κ3) is 2.35. The number of amides is 2. The third-order valence-electron chi connectivity index (χ3n) is 2.88. The van der Waals surface area contributed by atoms with E-state index in [1.165, 1.54) is 12.1 Å². The molecule has 3 nitrogen and oxygen atoms in total. The quantitative estimate of drug-likeness (QED) is 0.824. The van der Waals surface area contributed by atoms with Crippen molar-refractivity contribution in [2.75, 3.05) is 0 Å². The van der Waals surface area contributed by atoms with Crippen LogP contribution in [0.1, 0.15) is 24.0 Å². The van der Waals surface area contributed by atoms with Gasteiger partial charge in [-0.05, 0) is 30.5 Å². The van der Waals surface area contributed by atoms with Crippen LogP contribution in [0.25, 0.3) is 0 Å². The van der Waals surface area contributed by atoms with Gasteiger partial charge in [0.25, 0.3) is 0 Å². The van der Waals surface area contributed by atoms with E-state index in [0.29, 0.717) is 18.4 Å². The van der Waals surface area contributed by atoms with Crippen LogP contribution in [0.3, 0.4) is 0 Å². The highest BCUT2D eigenvalue weighted by molar-refractivity contribution is 5.73. The number of benzene rings is 1. The average Bonchev–Trinajstić information content (AvgIpc) is 2.97. The molecule has 1 fully saturated rings. The zero-order valence-corrected chi connectivity index (χ0v) is 8.84. The summed E-state index contributed by atoms with van der Waals surface area (Å²) in [6, 6.07) is 4.12. The van der Waals surface area contributed by atoms with Crippen molar-refractivity contribution >= 4 is 6.03 Å². The monoisotopic (exact) mass is 244 g/mol. The summed E-state index contributed by atoms with van der Waals surface area (Å²) >= 11 is 0. The molecular weight excluding hydrogens is 233 g/mol. The summed E-state index contributed by atoms with van der Waals surface area (Å²) in [5.74, 6) is 0. The highest BCUT2D eigenvalue weighted by atomic mass is 19.4. The van der Waals surface area contributed by atoms with Gasteiger partial charge in [0.2, 0.25) is 0 Å². The lowest BCUT2D eigenvalue weighted by Crippen LogP contribution is -2.38. The second-order valence-electron chi connectivity index (χ2n) is 4.15. The molecule has 0 saturated heterocycles. The highest BCUT2D eigenvalue weighted by Gasteiger charge is 2.45. The molecule has 0 aliphatic heterocycles. The molecule has 1 aliphatic rings. The molecule has 2 rings (SSSR count). The number of nitrogens with two attached hydrogens (primary N) is 1. The molecule has 0 heterocycles. The molecule has 92 valence electrons. The lowest BCUT2D eigenvalue weighted by atomic mass is 10.0. The molecule has 0 atom stereocenters. The Labute approximate surface area is 95.8 Å². The van der Waals surface area contributed by atoms with E-state index in [4.69, 9.17) is 5.73 Å². The van der Waals surface area contributed by atoms with Gasteiger partial charge < -0.3 is 11.1 Å². The van der Waals surface area contributed by atoms with Gasteiger partial charge in [-0.1, -0.05) is 12.1 Å². The van der Waals surface area contributed by atoms with Crippen LogP contribution in [0.15, 0.2) is 24.3 Å². The standard InChI is InChI=1S/C11H11F3N2O/c12-11(13,14)8-3-1-7(2-4-8)10(5-6-10)16-9(15)17/h1-4H,5-6H2,(H3,15,16,17). The maximum atomic E-state index is 12.4. The predicted molar refractivity (Wildman–Crippen MR) is 55.1 cm³/mol. The number of rotatable bonds is 2. The second kappa shape index (κ2) is 3.65. The van der Waals surface area contributed by atoms with Crippen LogP contribution < -0.4 is 11.1 Å². The summed E-state index contributed by atoms with van der Waals surface area (Å²) in [6.07, 6.45) is -2.95. The molecule has 0 spiro atoms. The Hall–Kier alpha value is -1.72. The van der Waals surface area contributed by atoms with E-state index in [2.05, 4.69) is 5.32 Å². The van der Waals surface area contributed by atoms with Crippen molar-refractivity contribution in [3.05, 3.63) is 35.4 Å². The van der Waals surface area contributed by atoms with Crippen LogP contribution in [0.4, 0.5) is 18.0 Å². The summed E-state index contributed by atoms with van der Waals surface area (Å²) < 4.78 is 37.1. The molecule has 3 N–H and O–H groups in total. The van der Waals surface area contributed by atoms with Gasteiger partial charge in [0.05, 0.1) is 11.1 Å². The molecule has 0 radical (unpaired) electrons. The number of alkyl halides is 3. The van der Waals surface area contributed by atoms with Crippen molar-refractivity contribution < 1.29 is 18.0 Å². The van der Waals surface area contributed by atoms with Gasteiger partial charge in [-0.15, -0.1) is 0 Å². The first-order chi connectivity index (χ1) is 7.83. The van der Waals surface area contributed by atoms with Gasteiger partial charge >= 0.3 is 12.2 Å². The van der Waals surface area contributed by atoms with Crippen molar-refractivity contribution in [2.24, 2.45) is 5.73 Å². The lowest BCUT2D eigenvalue weighted by molar-refractivity contribution is -0.137. The van der Waals surface area contributed by atoms with Gasteiger partial charge in [0.1, 0.15) is 0 Å². The van der Waals surface area contributed by atoms with E-state index in [-0.39, 0.29) is 0 Å². The number of carbonyl (C=O) groups excluding carboxylic acids is 1. The zero-order valence-electron chi connectivity index (χ0n) is 8.84. The first-order valence-electron chi connectivity index (χ1n) is 5.09. The van der Waals surface area contributed by atoms with Crippen LogP contribution in [-0.4, -0.2) is 6.03 Å². The van der Waals surface area contributed by atoms with Crippen LogP contribution in [-0.2, 0) is 11.7 Å². The van der Waals surface area contributed by atoms with E-state index >= 15 is 0 Å². The topological polar surface area (TPSA) is 55.1 Å². The van der Waals surface area contributed by atoms with E-state index in [1.807, 2.05) is 0 Å². The summed E-state index contributed by atoms with van der Waals surface area (Å²) in [7, 11) is 0. The van der Waals surface area contributed by atoms with Gasteiger partial charge in [-0.3, -0.25) is 0 Å². The molecule has 0 unspecified atom stereocenters. The van der Waals surface area contributed by atoms with Crippen LogP contribution in [0.5, 0.6) is 0 Å². The van der Waals surface area contributed by atoms with Crippen molar-refractivity contribution in [2.45, 2.75) is 24.6 Å². The maximum absolute atomic E-state index is 12.4. The Morgan fingerprint density at radius 1 is 1.24 bits per heavy atom. The molecule has 1 aromatic carbocycles. The minimum Gasteiger partial charge on any atom is -0.352 e. The van der Waals surface area contributed by atoms with Crippen LogP contribution in [0.2, 0.25) is 0 Å². The Morgan fingerprint density at radius 2 is 1.76 bits per heavy atom. The van der Waals surface area contributed by atoms with Gasteiger partial charge in [0.15, 0.2) is 0 Å². The van der Waals surface area contributed by atoms with E-state index in [9.17, 15) is 18.0 Å². The van der Waals surface area contributed by atoms with Gasteiger partial charge in [-0.2, -0.15) is 13.2 Å². The number of nitrogens with one attached hydrogen (secondary N) is 1. The van der Waals surface area contributed by atoms with E-state index in [0.717, 1.165) is 12.1 Å². The molecule has 0 aromatic heterocycles. The van der Waals surface area contributed by atoms with Gasteiger partial charge in [0, 0.05) is 0 Å². The highest BCUT2D eigenvalue weighted by Crippen LogP contribution is 2.45. The second-order valence-corrected chi connectivity index (χ2v) is 4.15. The smallest absolute Gasteiger partial charge is 0.352 e. The van der Waals surface area contributed by atoms with E-state index in [1.54, 1.807) is 0 Å². The minimum atomic E-state index is -4.34. The first kappa shape index (κ1) is 11.8. The minimum absolute atomic E-state index is 0.560. The van der Waals surface area contributed by atoms with Crippen molar-refractivity contribution in [1.29, 1.82) is 0 Å². The number of primary amides is 1. The molecule has 17 heavy (non-hydrogen) atoms. The molecule has 1 aliphatic carbocycles. The average molecular weight is 244 g/mol. The molecule has 0 bridgehead atoms. The number of carbonyl (C=O) groups is 1. The Balaban J connectivity index is 2.22. The number of urea groups is 1. The summed E-state index contributed by atoms with van der Waals surface area (Å²) in [5.41, 5.74) is 4.42. The van der Waals surface area contributed by atoms with E-state index < -0.39 is 23.3 Å². The summed E-state index contributed by atoms with van der Waals surface area (Å²) in [6.45, 7) is 0. The van der Waals surface area contributed by atoms with Crippen molar-refractivity contribution in [1.82, 2.24) is 5.32 Å². The maximum Gasteiger partial charge on any atom is 0.416 e. The van der Waals surface area contributed by atoms with Crippen molar-refractivity contribution in [3.63, 3.8) is 0 Å². The zero-order chi connectivity index (χ0) is 12.7. The molecule has 1 saturated carbocycles. The fourth-order valence-corrected chi connectivity index (χ4v) is 1.82. The van der Waals surface area contributed by atoms with Crippen LogP contribution in [0, 0.1) is 0 Å². The summed E-state index contributed by atoms with van der Waals surface area (Å²) in [4.78, 5) is 10.8. The fourth-order valence-electron chi connectivity index (χ4n) is 1.82. The molecule has 2 amide bonds. The molecular formula is C11H11F3N2O. The third-order valence-corrected chi connectivity index (χ3v) is 2.88. The Bertz CT molecular complexity index is 435. The predicted octanol–water partition coefficient (Wildman–Crippen LogP) is 2.36. The first-order valence-corrected chi connectivity index (χ1v) is 5.09. The van der Waals surface area contributed by atoms with Crippen LogP contribution >= 0.6 is 0 Å². The number of hydrogen-bond donors (Lipinski definition) is 2. The normalized spacial score (nSPS) is 17.6. The fraction of sp³-hybridized carbons (Fsp3) is 0.364. The lowest BCUT2D eigenvalue weighted by Gasteiger charge is -2.17. The Morgan fingerprint density at radius 3 is 2.12 bits per heavy atom. The Kier molecular flexibility index (Phi) is 2.52. The number of halogens is 3. The SMILES string of the molecule is NC(=O)NC1(c2ccc(C(F)(F)F)cc2)CC1. The molecule has 1 aromatic rings. The van der Waals surface area contributed by atoms with Crippen molar-refractivity contribution in [3.8, 4) is 0 Å².